The number of hydrogen-bond acceptors (Lipinski definition) is 4. The van der Waals surface area contributed by atoms with E-state index in [1.54, 1.807) is 0 Å². The molecule has 0 bridgehead atoms. The highest BCUT2D eigenvalue weighted by Gasteiger charge is 2.20. The highest BCUT2D eigenvalue weighted by atomic mass is 35.5. The predicted molar refractivity (Wildman–Crippen MR) is 84.7 cm³/mol. The maximum Gasteiger partial charge on any atom is 0.412 e. The van der Waals surface area contributed by atoms with E-state index in [9.17, 15) is 9.59 Å². The highest BCUT2D eigenvalue weighted by molar-refractivity contribution is 6.56. The number of benzene rings is 1. The SMILES string of the molecule is O=C(NC1=C(C=C(Cl)Cl)N=CCC1=O)OCc1ccccc1. The van der Waals surface area contributed by atoms with Gasteiger partial charge < -0.3 is 4.74 Å². The monoisotopic (exact) mass is 338 g/mol. The van der Waals surface area contributed by atoms with E-state index in [4.69, 9.17) is 27.9 Å². The van der Waals surface area contributed by atoms with Crippen LogP contribution < -0.4 is 5.32 Å². The van der Waals surface area contributed by atoms with E-state index in [-0.39, 0.29) is 34.7 Å². The van der Waals surface area contributed by atoms with E-state index < -0.39 is 6.09 Å². The number of carbonyl (C=O) groups is 2. The summed E-state index contributed by atoms with van der Waals surface area (Å²) in [4.78, 5) is 27.7. The summed E-state index contributed by atoms with van der Waals surface area (Å²) < 4.78 is 4.99. The molecule has 114 valence electrons. The lowest BCUT2D eigenvalue weighted by Gasteiger charge is -2.13. The van der Waals surface area contributed by atoms with E-state index in [1.165, 1.54) is 12.3 Å². The first-order valence-corrected chi connectivity index (χ1v) is 7.12. The third-order valence-corrected chi connectivity index (χ3v) is 2.95. The second-order valence-electron chi connectivity index (χ2n) is 4.32. The average molecular weight is 339 g/mol. The van der Waals surface area contributed by atoms with Crippen molar-refractivity contribution >= 4 is 41.3 Å². The van der Waals surface area contributed by atoms with Crippen molar-refractivity contribution in [3.63, 3.8) is 0 Å². The van der Waals surface area contributed by atoms with Crippen LogP contribution in [0.5, 0.6) is 0 Å². The molecule has 1 amide bonds. The van der Waals surface area contributed by atoms with Gasteiger partial charge in [0.05, 0.1) is 5.70 Å². The van der Waals surface area contributed by atoms with Crippen LogP contribution in [0.2, 0.25) is 0 Å². The second kappa shape index (κ2) is 7.77. The molecular formula is C15H12Cl2N2O3. The molecule has 0 saturated heterocycles. The van der Waals surface area contributed by atoms with Crippen molar-refractivity contribution in [2.75, 3.05) is 0 Å². The van der Waals surface area contributed by atoms with Gasteiger partial charge in [-0.05, 0) is 11.6 Å². The van der Waals surface area contributed by atoms with Gasteiger partial charge >= 0.3 is 6.09 Å². The largest absolute Gasteiger partial charge is 0.444 e. The van der Waals surface area contributed by atoms with Gasteiger partial charge in [0.25, 0.3) is 0 Å². The number of rotatable bonds is 4. The number of carbonyl (C=O) groups excluding carboxylic acids is 2. The van der Waals surface area contributed by atoms with Crippen molar-refractivity contribution in [2.24, 2.45) is 4.99 Å². The summed E-state index contributed by atoms with van der Waals surface area (Å²) in [5, 5.41) is 2.39. The summed E-state index contributed by atoms with van der Waals surface area (Å²) in [6, 6.07) is 9.18. The third-order valence-electron chi connectivity index (χ3n) is 2.73. The molecule has 2 rings (SSSR count). The summed E-state index contributed by atoms with van der Waals surface area (Å²) in [6.07, 6.45) is 2.04. The number of nitrogens with one attached hydrogen (secondary N) is 1. The molecule has 7 heteroatoms. The second-order valence-corrected chi connectivity index (χ2v) is 5.33. The number of halogens is 2. The fourth-order valence-corrected chi connectivity index (χ4v) is 1.95. The topological polar surface area (TPSA) is 67.8 Å². The van der Waals surface area contributed by atoms with E-state index in [0.717, 1.165) is 5.56 Å². The number of hydrogen-bond donors (Lipinski definition) is 1. The van der Waals surface area contributed by atoms with Crippen molar-refractivity contribution in [3.8, 4) is 0 Å². The Morgan fingerprint density at radius 3 is 2.73 bits per heavy atom. The summed E-state index contributed by atoms with van der Waals surface area (Å²) >= 11 is 11.1. The Bertz CT molecular complexity index is 663. The van der Waals surface area contributed by atoms with Crippen molar-refractivity contribution in [3.05, 3.63) is 57.9 Å². The van der Waals surface area contributed by atoms with Crippen LogP contribution in [0.4, 0.5) is 4.79 Å². The van der Waals surface area contributed by atoms with Crippen molar-refractivity contribution in [2.45, 2.75) is 13.0 Å². The molecule has 0 unspecified atom stereocenters. The van der Waals surface area contributed by atoms with E-state index in [2.05, 4.69) is 10.3 Å². The number of Topliss-reactive ketones (excluding diaryl/α,β-unsaturated/α-hetero) is 1. The summed E-state index contributed by atoms with van der Waals surface area (Å²) in [7, 11) is 0. The Morgan fingerprint density at radius 1 is 1.32 bits per heavy atom. The molecule has 0 spiro atoms. The fraction of sp³-hybridized carbons (Fsp3) is 0.133. The van der Waals surface area contributed by atoms with Gasteiger partial charge in [0.1, 0.15) is 16.8 Å². The van der Waals surface area contributed by atoms with Crippen LogP contribution in [-0.4, -0.2) is 18.1 Å². The zero-order chi connectivity index (χ0) is 15.9. The van der Waals surface area contributed by atoms with Gasteiger partial charge in [-0.15, -0.1) is 0 Å². The Balaban J connectivity index is 2.04. The Labute approximate surface area is 137 Å². The molecule has 1 aromatic rings. The first-order chi connectivity index (χ1) is 10.6. The van der Waals surface area contributed by atoms with Gasteiger partial charge in [-0.25, -0.2) is 4.79 Å². The number of alkyl carbamates (subject to hydrolysis) is 1. The summed E-state index contributed by atoms with van der Waals surface area (Å²) in [5.74, 6) is -0.299. The number of allylic oxidation sites excluding steroid dienone is 2. The standard InChI is InChI=1S/C15H12Cl2N2O3/c16-13(17)8-11-14(12(20)6-7-18-11)19-15(21)22-9-10-4-2-1-3-5-10/h1-5,7-8H,6,9H2,(H,19,21). The van der Waals surface area contributed by atoms with Crippen molar-refractivity contribution in [1.82, 2.24) is 5.32 Å². The molecule has 0 aliphatic carbocycles. The van der Waals surface area contributed by atoms with Gasteiger partial charge in [-0.3, -0.25) is 15.1 Å². The Morgan fingerprint density at radius 2 is 2.05 bits per heavy atom. The number of ether oxygens (including phenoxy) is 1. The Hall–Kier alpha value is -2.11. The summed E-state index contributed by atoms with van der Waals surface area (Å²) in [5.41, 5.74) is 1.04. The van der Waals surface area contributed by atoms with E-state index in [1.807, 2.05) is 30.3 Å². The maximum absolute atomic E-state index is 11.9. The third kappa shape index (κ3) is 4.72. The predicted octanol–water partition coefficient (Wildman–Crippen LogP) is 3.49. The van der Waals surface area contributed by atoms with Gasteiger partial charge in [-0.2, -0.15) is 0 Å². The van der Waals surface area contributed by atoms with Gasteiger partial charge in [0, 0.05) is 12.6 Å². The first-order valence-electron chi connectivity index (χ1n) is 6.36. The number of aliphatic imine (C=N–C) groups is 1. The molecule has 22 heavy (non-hydrogen) atoms. The molecule has 1 heterocycles. The highest BCUT2D eigenvalue weighted by Crippen LogP contribution is 2.18. The molecule has 0 saturated carbocycles. The van der Waals surface area contributed by atoms with Crippen LogP contribution >= 0.6 is 23.2 Å². The molecule has 1 aliphatic heterocycles. The molecule has 1 aromatic carbocycles. The van der Waals surface area contributed by atoms with Crippen molar-refractivity contribution < 1.29 is 14.3 Å². The molecule has 0 aromatic heterocycles. The zero-order valence-corrected chi connectivity index (χ0v) is 12.9. The molecular weight excluding hydrogens is 327 g/mol. The quantitative estimate of drug-likeness (QED) is 0.913. The summed E-state index contributed by atoms with van der Waals surface area (Å²) in [6.45, 7) is 0.0961. The minimum Gasteiger partial charge on any atom is -0.444 e. The van der Waals surface area contributed by atoms with Crippen LogP contribution in [0.3, 0.4) is 0 Å². The van der Waals surface area contributed by atoms with E-state index in [0.29, 0.717) is 0 Å². The van der Waals surface area contributed by atoms with Crippen LogP contribution in [0, 0.1) is 0 Å². The fourth-order valence-electron chi connectivity index (χ4n) is 1.74. The van der Waals surface area contributed by atoms with Gasteiger partial charge in [0.15, 0.2) is 5.78 Å². The van der Waals surface area contributed by atoms with Gasteiger partial charge in [0.2, 0.25) is 0 Å². The van der Waals surface area contributed by atoms with Crippen LogP contribution in [0.25, 0.3) is 0 Å². The molecule has 0 fully saturated rings. The zero-order valence-electron chi connectivity index (χ0n) is 11.4. The van der Waals surface area contributed by atoms with Gasteiger partial charge in [-0.1, -0.05) is 53.5 Å². The molecule has 5 nitrogen and oxygen atoms in total. The number of amides is 1. The number of ketones is 1. The van der Waals surface area contributed by atoms with E-state index >= 15 is 0 Å². The lowest BCUT2D eigenvalue weighted by atomic mass is 10.1. The maximum atomic E-state index is 11.9. The van der Waals surface area contributed by atoms with Crippen molar-refractivity contribution in [1.29, 1.82) is 0 Å². The molecule has 0 atom stereocenters. The minimum atomic E-state index is -0.749. The lowest BCUT2D eigenvalue weighted by molar-refractivity contribution is -0.114. The molecule has 1 N–H and O–H groups in total. The molecule has 1 aliphatic rings. The molecule has 0 radical (unpaired) electrons. The van der Waals surface area contributed by atoms with Crippen LogP contribution in [-0.2, 0) is 16.1 Å². The minimum absolute atomic E-state index is 0.0133. The average Bonchev–Trinajstić information content (AvgIpc) is 2.49. The van der Waals surface area contributed by atoms with Crippen LogP contribution in [0.15, 0.2) is 57.3 Å². The van der Waals surface area contributed by atoms with Crippen LogP contribution in [0.1, 0.15) is 12.0 Å². The smallest absolute Gasteiger partial charge is 0.412 e. The first kappa shape index (κ1) is 16.3. The Kier molecular flexibility index (Phi) is 5.75. The number of nitrogens with zero attached hydrogens (tertiary/aromatic N) is 1. The normalized spacial score (nSPS) is 13.8. The lowest BCUT2D eigenvalue weighted by Crippen LogP contribution is -2.30.